The van der Waals surface area contributed by atoms with Crippen LogP contribution in [0.1, 0.15) is 37.3 Å². The molecule has 2 fully saturated rings. The van der Waals surface area contributed by atoms with E-state index in [0.29, 0.717) is 36.7 Å². The minimum atomic E-state index is -3.67. The molecule has 2 aliphatic rings. The molecule has 0 bridgehead atoms. The zero-order valence-corrected chi connectivity index (χ0v) is 19.7. The Hall–Kier alpha value is -2.66. The number of ether oxygens (including phenoxy) is 2. The van der Waals surface area contributed by atoms with Crippen LogP contribution in [0.15, 0.2) is 47.4 Å². The lowest BCUT2D eigenvalue weighted by molar-refractivity contribution is -0.117. The molecule has 3 N–H and O–H groups in total. The molecular weight excluding hydrogens is 444 g/mol. The van der Waals surface area contributed by atoms with Crippen LogP contribution < -0.4 is 25.6 Å². The van der Waals surface area contributed by atoms with Gasteiger partial charge in [0.15, 0.2) is 0 Å². The SMILES string of the molecule is COc1ccccc1NC(=O)C1CC(c2ccc(OC)c(S(=O)(=O)N3CCCCC3)c2)NN1. The number of nitrogens with zero attached hydrogens (tertiary/aromatic N) is 1. The van der Waals surface area contributed by atoms with Crippen LogP contribution in [-0.4, -0.2) is 52.0 Å². The summed E-state index contributed by atoms with van der Waals surface area (Å²) in [4.78, 5) is 13.0. The highest BCUT2D eigenvalue weighted by Crippen LogP contribution is 2.33. The molecule has 0 spiro atoms. The van der Waals surface area contributed by atoms with Crippen LogP contribution in [0.25, 0.3) is 0 Å². The van der Waals surface area contributed by atoms with Crippen LogP contribution in [0.5, 0.6) is 11.5 Å². The first-order chi connectivity index (χ1) is 15.9. The van der Waals surface area contributed by atoms with Gasteiger partial charge < -0.3 is 14.8 Å². The highest BCUT2D eigenvalue weighted by molar-refractivity contribution is 7.89. The van der Waals surface area contributed by atoms with Crippen molar-refractivity contribution in [3.8, 4) is 11.5 Å². The van der Waals surface area contributed by atoms with Crippen LogP contribution in [0.3, 0.4) is 0 Å². The molecule has 0 aliphatic carbocycles. The lowest BCUT2D eigenvalue weighted by atomic mass is 10.0. The standard InChI is InChI=1S/C23H30N4O5S/c1-31-20-9-5-4-8-17(20)24-23(28)19-15-18(25-26-19)16-10-11-21(32-2)22(14-16)33(29,30)27-12-6-3-7-13-27/h4-5,8-11,14,18-19,25-26H,3,6-7,12-13,15H2,1-2H3,(H,24,28). The fraction of sp³-hybridized carbons (Fsp3) is 0.435. The van der Waals surface area contributed by atoms with E-state index in [1.165, 1.54) is 11.4 Å². The van der Waals surface area contributed by atoms with Crippen molar-refractivity contribution in [3.63, 3.8) is 0 Å². The van der Waals surface area contributed by atoms with E-state index < -0.39 is 16.1 Å². The molecule has 2 aromatic rings. The number of hydrazine groups is 1. The van der Waals surface area contributed by atoms with Crippen molar-refractivity contribution in [3.05, 3.63) is 48.0 Å². The van der Waals surface area contributed by atoms with Crippen molar-refractivity contribution in [1.29, 1.82) is 0 Å². The van der Waals surface area contributed by atoms with Gasteiger partial charge in [-0.2, -0.15) is 4.31 Å². The maximum absolute atomic E-state index is 13.3. The number of amides is 1. The fourth-order valence-corrected chi connectivity index (χ4v) is 5.98. The van der Waals surface area contributed by atoms with Gasteiger partial charge in [0.1, 0.15) is 22.4 Å². The largest absolute Gasteiger partial charge is 0.495 e. The van der Waals surface area contributed by atoms with Crippen molar-refractivity contribution >= 4 is 21.6 Å². The second-order valence-corrected chi connectivity index (χ2v) is 10.1. The third kappa shape index (κ3) is 4.98. The molecule has 9 nitrogen and oxygen atoms in total. The Morgan fingerprint density at radius 2 is 1.73 bits per heavy atom. The Morgan fingerprint density at radius 3 is 2.45 bits per heavy atom. The summed E-state index contributed by atoms with van der Waals surface area (Å²) >= 11 is 0. The Morgan fingerprint density at radius 1 is 1.00 bits per heavy atom. The summed E-state index contributed by atoms with van der Waals surface area (Å²) in [6, 6.07) is 11.6. The lowest BCUT2D eigenvalue weighted by Gasteiger charge is -2.27. The third-order valence-corrected chi connectivity index (χ3v) is 8.03. The molecule has 178 valence electrons. The van der Waals surface area contributed by atoms with E-state index in [4.69, 9.17) is 9.47 Å². The molecule has 0 saturated carbocycles. The number of rotatable bonds is 7. The first-order valence-corrected chi connectivity index (χ1v) is 12.5. The van der Waals surface area contributed by atoms with Crippen molar-refractivity contribution < 1.29 is 22.7 Å². The predicted octanol–water partition coefficient (Wildman–Crippen LogP) is 2.42. The maximum atomic E-state index is 13.3. The number of nitrogens with one attached hydrogen (secondary N) is 3. The number of hydrogen-bond donors (Lipinski definition) is 3. The number of piperidine rings is 1. The van der Waals surface area contributed by atoms with Crippen molar-refractivity contribution in [2.75, 3.05) is 32.6 Å². The molecule has 1 amide bonds. The molecule has 2 saturated heterocycles. The highest BCUT2D eigenvalue weighted by Gasteiger charge is 2.33. The normalized spacial score (nSPS) is 21.5. The Labute approximate surface area is 194 Å². The number of para-hydroxylation sites is 2. The summed E-state index contributed by atoms with van der Waals surface area (Å²) in [5.41, 5.74) is 7.50. The predicted molar refractivity (Wildman–Crippen MR) is 125 cm³/mol. The second kappa shape index (κ2) is 10.1. The minimum Gasteiger partial charge on any atom is -0.495 e. The average Bonchev–Trinajstić information content (AvgIpc) is 3.35. The molecule has 10 heteroatoms. The van der Waals surface area contributed by atoms with E-state index in [2.05, 4.69) is 16.2 Å². The molecule has 0 aromatic heterocycles. The molecule has 2 atom stereocenters. The van der Waals surface area contributed by atoms with E-state index in [0.717, 1.165) is 24.8 Å². The second-order valence-electron chi connectivity index (χ2n) is 8.19. The molecule has 2 heterocycles. The quantitative estimate of drug-likeness (QED) is 0.565. The van der Waals surface area contributed by atoms with Crippen molar-refractivity contribution in [2.45, 2.75) is 42.7 Å². The average molecular weight is 475 g/mol. The van der Waals surface area contributed by atoms with E-state index >= 15 is 0 Å². The summed E-state index contributed by atoms with van der Waals surface area (Å²) in [5, 5.41) is 2.88. The van der Waals surface area contributed by atoms with Gasteiger partial charge in [-0.3, -0.25) is 4.79 Å². The summed E-state index contributed by atoms with van der Waals surface area (Å²) in [5.74, 6) is 0.695. The van der Waals surface area contributed by atoms with Gasteiger partial charge >= 0.3 is 0 Å². The van der Waals surface area contributed by atoms with E-state index in [1.807, 2.05) is 18.2 Å². The Bertz CT molecular complexity index is 1100. The smallest absolute Gasteiger partial charge is 0.246 e. The van der Waals surface area contributed by atoms with Gasteiger partial charge in [-0.1, -0.05) is 24.6 Å². The monoisotopic (exact) mass is 474 g/mol. The van der Waals surface area contributed by atoms with E-state index in [1.54, 1.807) is 31.4 Å². The lowest BCUT2D eigenvalue weighted by Crippen LogP contribution is -2.39. The first-order valence-electron chi connectivity index (χ1n) is 11.1. The molecule has 2 unspecified atom stereocenters. The zero-order chi connectivity index (χ0) is 23.4. The molecule has 4 rings (SSSR count). The number of anilines is 1. The van der Waals surface area contributed by atoms with Gasteiger partial charge in [0.05, 0.1) is 19.9 Å². The Balaban J connectivity index is 1.51. The van der Waals surface area contributed by atoms with Gasteiger partial charge in [-0.05, 0) is 49.1 Å². The van der Waals surface area contributed by atoms with Gasteiger partial charge in [0, 0.05) is 19.1 Å². The van der Waals surface area contributed by atoms with Crippen molar-refractivity contribution in [1.82, 2.24) is 15.2 Å². The first kappa shape index (κ1) is 23.5. The van der Waals surface area contributed by atoms with Crippen LogP contribution in [0.2, 0.25) is 0 Å². The van der Waals surface area contributed by atoms with Crippen LogP contribution in [-0.2, 0) is 14.8 Å². The Kier molecular flexibility index (Phi) is 7.18. The fourth-order valence-electron chi connectivity index (χ4n) is 4.27. The number of hydrogen-bond acceptors (Lipinski definition) is 7. The maximum Gasteiger partial charge on any atom is 0.246 e. The summed E-state index contributed by atoms with van der Waals surface area (Å²) in [6.45, 7) is 1.04. The molecule has 2 aromatic carbocycles. The van der Waals surface area contributed by atoms with Crippen LogP contribution >= 0.6 is 0 Å². The molecule has 0 radical (unpaired) electrons. The summed E-state index contributed by atoms with van der Waals surface area (Å²) < 4.78 is 38.8. The molecule has 33 heavy (non-hydrogen) atoms. The van der Waals surface area contributed by atoms with E-state index in [-0.39, 0.29) is 16.8 Å². The third-order valence-electron chi connectivity index (χ3n) is 6.11. The number of methoxy groups -OCH3 is 2. The number of sulfonamides is 1. The van der Waals surface area contributed by atoms with Gasteiger partial charge in [0.25, 0.3) is 0 Å². The van der Waals surface area contributed by atoms with E-state index in [9.17, 15) is 13.2 Å². The highest BCUT2D eigenvalue weighted by atomic mass is 32.2. The minimum absolute atomic E-state index is 0.160. The molecular formula is C23H30N4O5S. The summed E-state index contributed by atoms with van der Waals surface area (Å²) in [6.07, 6.45) is 3.21. The van der Waals surface area contributed by atoms with Crippen molar-refractivity contribution in [2.24, 2.45) is 0 Å². The zero-order valence-electron chi connectivity index (χ0n) is 18.8. The number of carbonyl (C=O) groups is 1. The van der Waals surface area contributed by atoms with Crippen LogP contribution in [0.4, 0.5) is 5.69 Å². The van der Waals surface area contributed by atoms with Crippen LogP contribution in [0, 0.1) is 0 Å². The summed E-state index contributed by atoms with van der Waals surface area (Å²) in [7, 11) is -0.647. The van der Waals surface area contributed by atoms with Gasteiger partial charge in [-0.25, -0.2) is 19.3 Å². The van der Waals surface area contributed by atoms with Gasteiger partial charge in [-0.15, -0.1) is 0 Å². The topological polar surface area (TPSA) is 109 Å². The molecule has 2 aliphatic heterocycles. The number of carbonyl (C=O) groups excluding carboxylic acids is 1. The number of benzene rings is 2. The van der Waals surface area contributed by atoms with Gasteiger partial charge in [0.2, 0.25) is 15.9 Å².